The van der Waals surface area contributed by atoms with Crippen LogP contribution in [0.15, 0.2) is 44.7 Å². The molecule has 0 aliphatic heterocycles. The van der Waals surface area contributed by atoms with Gasteiger partial charge in [-0.1, -0.05) is 53.0 Å². The van der Waals surface area contributed by atoms with Gasteiger partial charge in [-0.05, 0) is 42.8 Å². The molecule has 0 unspecified atom stereocenters. The third-order valence-corrected chi connectivity index (χ3v) is 5.39. The lowest BCUT2D eigenvalue weighted by atomic mass is 10.2. The predicted octanol–water partition coefficient (Wildman–Crippen LogP) is 5.41. The van der Waals surface area contributed by atoms with Crippen molar-refractivity contribution in [2.24, 2.45) is 5.10 Å². The summed E-state index contributed by atoms with van der Waals surface area (Å²) in [6, 6.07) is 8.48. The van der Waals surface area contributed by atoms with Crippen molar-refractivity contribution < 1.29 is 14.3 Å². The molecule has 0 atom stereocenters. The fourth-order valence-electron chi connectivity index (χ4n) is 2.90. The quantitative estimate of drug-likeness (QED) is 0.295. The van der Waals surface area contributed by atoms with Crippen molar-refractivity contribution in [3.05, 3.63) is 66.6 Å². The molecule has 0 N–H and O–H groups in total. The molecule has 0 saturated heterocycles. The zero-order chi connectivity index (χ0) is 23.4. The molecule has 0 saturated carbocycles. The van der Waals surface area contributed by atoms with Crippen LogP contribution in [0.1, 0.15) is 38.1 Å². The van der Waals surface area contributed by atoms with Crippen molar-refractivity contribution in [3.63, 3.8) is 0 Å². The van der Waals surface area contributed by atoms with Crippen LogP contribution in [0.25, 0.3) is 10.9 Å². The molecule has 168 valence electrons. The van der Waals surface area contributed by atoms with Gasteiger partial charge < -0.3 is 9.47 Å². The average Bonchev–Trinajstić information content (AvgIpc) is 2.72. The Bertz CT molecular complexity index is 1230. The van der Waals surface area contributed by atoms with E-state index in [2.05, 4.69) is 26.0 Å². The normalized spacial score (nSPS) is 11.5. The number of rotatable bonds is 7. The second-order valence-electron chi connectivity index (χ2n) is 7.06. The maximum absolute atomic E-state index is 13.1. The second-order valence-corrected chi connectivity index (χ2v) is 8.79. The average molecular weight is 541 g/mol. The van der Waals surface area contributed by atoms with Gasteiger partial charge in [0.25, 0.3) is 5.56 Å². The van der Waals surface area contributed by atoms with Crippen LogP contribution in [0.3, 0.4) is 0 Å². The monoisotopic (exact) mass is 539 g/mol. The molecule has 3 aromatic rings. The van der Waals surface area contributed by atoms with Crippen LogP contribution >= 0.6 is 39.1 Å². The van der Waals surface area contributed by atoms with E-state index in [1.54, 1.807) is 31.2 Å². The van der Waals surface area contributed by atoms with E-state index in [1.807, 2.05) is 19.9 Å². The molecule has 7 nitrogen and oxygen atoms in total. The van der Waals surface area contributed by atoms with E-state index < -0.39 is 5.97 Å². The standard InChI is InChI=1S/C22H20BrCl2N3O4/c1-4-31-19(29)11-32-20-16(24)7-13(8-17(20)25)10-26-28-21(12(2)3)27-18-6-5-14(23)9-15(18)22(28)30/h5-10,12H,4,11H2,1-3H3. The fraction of sp³-hybridized carbons (Fsp3) is 0.273. The van der Waals surface area contributed by atoms with Crippen LogP contribution < -0.4 is 10.3 Å². The van der Waals surface area contributed by atoms with Gasteiger partial charge in [-0.2, -0.15) is 9.78 Å². The first kappa shape index (κ1) is 24.2. The Labute approximate surface area is 203 Å². The molecule has 0 amide bonds. The van der Waals surface area contributed by atoms with Gasteiger partial charge in [0.2, 0.25) is 0 Å². The number of hydrogen-bond donors (Lipinski definition) is 0. The van der Waals surface area contributed by atoms with E-state index in [1.165, 1.54) is 10.9 Å². The van der Waals surface area contributed by atoms with Gasteiger partial charge in [0.15, 0.2) is 12.4 Å². The molecule has 32 heavy (non-hydrogen) atoms. The van der Waals surface area contributed by atoms with Gasteiger partial charge in [0.05, 0.1) is 33.8 Å². The highest BCUT2D eigenvalue weighted by atomic mass is 79.9. The van der Waals surface area contributed by atoms with E-state index in [4.69, 9.17) is 32.7 Å². The maximum Gasteiger partial charge on any atom is 0.344 e. The first-order valence-electron chi connectivity index (χ1n) is 9.75. The molecule has 1 heterocycles. The Morgan fingerprint density at radius 3 is 2.56 bits per heavy atom. The molecule has 0 aliphatic carbocycles. The van der Waals surface area contributed by atoms with E-state index in [9.17, 15) is 9.59 Å². The fourth-order valence-corrected chi connectivity index (χ4v) is 3.88. The molecule has 0 spiro atoms. The summed E-state index contributed by atoms with van der Waals surface area (Å²) >= 11 is 15.9. The highest BCUT2D eigenvalue weighted by Crippen LogP contribution is 2.34. The number of carbonyl (C=O) groups excluding carboxylic acids is 1. The van der Waals surface area contributed by atoms with Crippen molar-refractivity contribution in [2.75, 3.05) is 13.2 Å². The maximum atomic E-state index is 13.1. The van der Waals surface area contributed by atoms with Crippen LogP contribution in [0.5, 0.6) is 5.75 Å². The Morgan fingerprint density at radius 1 is 1.25 bits per heavy atom. The van der Waals surface area contributed by atoms with Gasteiger partial charge in [-0.25, -0.2) is 9.78 Å². The number of fused-ring (bicyclic) bond motifs is 1. The van der Waals surface area contributed by atoms with Gasteiger partial charge >= 0.3 is 5.97 Å². The zero-order valence-electron chi connectivity index (χ0n) is 17.6. The number of esters is 1. The highest BCUT2D eigenvalue weighted by molar-refractivity contribution is 9.10. The lowest BCUT2D eigenvalue weighted by Crippen LogP contribution is -2.23. The Balaban J connectivity index is 1.97. The number of aromatic nitrogens is 2. The minimum absolute atomic E-state index is 0.0428. The van der Waals surface area contributed by atoms with Crippen molar-refractivity contribution >= 4 is 62.2 Å². The van der Waals surface area contributed by atoms with E-state index in [0.717, 1.165) is 4.47 Å². The summed E-state index contributed by atoms with van der Waals surface area (Å²) < 4.78 is 12.2. The SMILES string of the molecule is CCOC(=O)COc1c(Cl)cc(C=Nn2c(C(C)C)nc3ccc(Br)cc3c2=O)cc1Cl. The lowest BCUT2D eigenvalue weighted by molar-refractivity contribution is -0.145. The topological polar surface area (TPSA) is 82.8 Å². The van der Waals surface area contributed by atoms with Crippen LogP contribution in [0, 0.1) is 0 Å². The molecular weight excluding hydrogens is 521 g/mol. The third-order valence-electron chi connectivity index (χ3n) is 4.33. The predicted molar refractivity (Wildman–Crippen MR) is 129 cm³/mol. The molecule has 0 bridgehead atoms. The van der Waals surface area contributed by atoms with Crippen molar-refractivity contribution in [3.8, 4) is 5.75 Å². The second kappa shape index (κ2) is 10.5. The number of halogens is 3. The number of hydrogen-bond acceptors (Lipinski definition) is 6. The molecule has 2 aromatic carbocycles. The first-order chi connectivity index (χ1) is 15.2. The highest BCUT2D eigenvalue weighted by Gasteiger charge is 2.15. The Kier molecular flexibility index (Phi) is 7.92. The smallest absolute Gasteiger partial charge is 0.344 e. The summed E-state index contributed by atoms with van der Waals surface area (Å²) in [5.41, 5.74) is 0.852. The summed E-state index contributed by atoms with van der Waals surface area (Å²) in [4.78, 5) is 29.2. The number of ether oxygens (including phenoxy) is 2. The van der Waals surface area contributed by atoms with E-state index in [-0.39, 0.29) is 40.5 Å². The molecule has 1 aromatic heterocycles. The van der Waals surface area contributed by atoms with Crippen LogP contribution in [-0.4, -0.2) is 35.1 Å². The number of benzene rings is 2. The largest absolute Gasteiger partial charge is 0.479 e. The Morgan fingerprint density at radius 2 is 1.94 bits per heavy atom. The van der Waals surface area contributed by atoms with Gasteiger partial charge in [-0.15, -0.1) is 0 Å². The summed E-state index contributed by atoms with van der Waals surface area (Å²) in [6.07, 6.45) is 1.46. The first-order valence-corrected chi connectivity index (χ1v) is 11.3. The van der Waals surface area contributed by atoms with Gasteiger partial charge in [0.1, 0.15) is 5.82 Å². The summed E-state index contributed by atoms with van der Waals surface area (Å²) in [5, 5.41) is 5.19. The molecule has 0 aliphatic rings. The summed E-state index contributed by atoms with van der Waals surface area (Å²) in [7, 11) is 0. The van der Waals surface area contributed by atoms with Gasteiger partial charge in [-0.3, -0.25) is 4.79 Å². The van der Waals surface area contributed by atoms with Crippen molar-refractivity contribution in [1.29, 1.82) is 0 Å². The molecule has 0 radical (unpaired) electrons. The third kappa shape index (κ3) is 5.49. The molecule has 10 heteroatoms. The van der Waals surface area contributed by atoms with Crippen molar-refractivity contribution in [1.82, 2.24) is 9.66 Å². The molecule has 3 rings (SSSR count). The van der Waals surface area contributed by atoms with E-state index in [0.29, 0.717) is 22.3 Å². The van der Waals surface area contributed by atoms with Crippen LogP contribution in [0.2, 0.25) is 10.0 Å². The number of carbonyl (C=O) groups is 1. The number of nitrogens with zero attached hydrogens (tertiary/aromatic N) is 3. The lowest BCUT2D eigenvalue weighted by Gasteiger charge is -2.12. The molecule has 0 fully saturated rings. The van der Waals surface area contributed by atoms with Gasteiger partial charge in [0, 0.05) is 10.4 Å². The minimum Gasteiger partial charge on any atom is -0.479 e. The van der Waals surface area contributed by atoms with Crippen LogP contribution in [0.4, 0.5) is 0 Å². The Hall–Kier alpha value is -2.42. The van der Waals surface area contributed by atoms with Crippen LogP contribution in [-0.2, 0) is 9.53 Å². The van der Waals surface area contributed by atoms with E-state index >= 15 is 0 Å². The minimum atomic E-state index is -0.527. The van der Waals surface area contributed by atoms with Crippen molar-refractivity contribution in [2.45, 2.75) is 26.7 Å². The zero-order valence-corrected chi connectivity index (χ0v) is 20.7. The summed E-state index contributed by atoms with van der Waals surface area (Å²) in [6.45, 7) is 5.50. The molecular formula is C22H20BrCl2N3O4. The summed E-state index contributed by atoms with van der Waals surface area (Å²) in [5.74, 6) is 0.114.